The van der Waals surface area contributed by atoms with Gasteiger partial charge in [-0.3, -0.25) is 9.59 Å². The molecule has 1 atom stereocenters. The molecule has 6 heteroatoms. The molecule has 1 aromatic carbocycles. The average molecular weight is 358 g/mol. The number of nitrogens with zero attached hydrogens (tertiary/aromatic N) is 1. The molecule has 0 spiro atoms. The summed E-state index contributed by atoms with van der Waals surface area (Å²) in [6.45, 7) is 2.10. The number of piperidine rings is 1. The maximum atomic E-state index is 12.4. The summed E-state index contributed by atoms with van der Waals surface area (Å²) in [4.78, 5) is 27.3. The number of carbonyl (C=O) groups is 2. The van der Waals surface area contributed by atoms with E-state index >= 15 is 0 Å². The first-order chi connectivity index (χ1) is 12.2. The highest BCUT2D eigenvalue weighted by Crippen LogP contribution is 2.20. The third-order valence-electron chi connectivity index (χ3n) is 4.22. The molecule has 3 rings (SSSR count). The first-order valence-corrected chi connectivity index (χ1v) is 9.40. The predicted octanol–water partition coefficient (Wildman–Crippen LogP) is 2.80. The standard InChI is InChI=1S/C19H22N2O3S/c22-18(20-10-12-24-16-7-2-1-3-8-16)15-6-4-11-21(14-15)19(23)17-9-5-13-25-17/h1-3,5,7-9,13,15H,4,6,10-12,14H2,(H,20,22). The number of carbonyl (C=O) groups excluding carboxylic acids is 2. The van der Waals surface area contributed by atoms with Crippen molar-refractivity contribution < 1.29 is 14.3 Å². The van der Waals surface area contributed by atoms with Crippen LogP contribution in [0, 0.1) is 5.92 Å². The quantitative estimate of drug-likeness (QED) is 0.808. The lowest BCUT2D eigenvalue weighted by atomic mass is 9.97. The zero-order valence-electron chi connectivity index (χ0n) is 14.0. The van der Waals surface area contributed by atoms with Gasteiger partial charge in [-0.1, -0.05) is 24.3 Å². The van der Waals surface area contributed by atoms with Gasteiger partial charge < -0.3 is 15.0 Å². The number of hydrogen-bond donors (Lipinski definition) is 1. The Morgan fingerprint density at radius 1 is 1.20 bits per heavy atom. The number of benzene rings is 1. The van der Waals surface area contributed by atoms with Gasteiger partial charge in [0.25, 0.3) is 5.91 Å². The normalized spacial score (nSPS) is 17.1. The summed E-state index contributed by atoms with van der Waals surface area (Å²) in [6.07, 6.45) is 1.68. The van der Waals surface area contributed by atoms with Gasteiger partial charge in [0, 0.05) is 13.1 Å². The highest BCUT2D eigenvalue weighted by Gasteiger charge is 2.29. The second-order valence-corrected chi connectivity index (χ2v) is 6.97. The Labute approximate surface area is 151 Å². The van der Waals surface area contributed by atoms with Crippen LogP contribution in [-0.2, 0) is 4.79 Å². The molecule has 25 heavy (non-hydrogen) atoms. The largest absolute Gasteiger partial charge is 0.492 e. The highest BCUT2D eigenvalue weighted by molar-refractivity contribution is 7.12. The Morgan fingerprint density at radius 2 is 2.04 bits per heavy atom. The van der Waals surface area contributed by atoms with Gasteiger partial charge in [0.2, 0.25) is 5.91 Å². The Hall–Kier alpha value is -2.34. The van der Waals surface area contributed by atoms with Crippen LogP contribution in [-0.4, -0.2) is 43.0 Å². The van der Waals surface area contributed by atoms with Gasteiger partial charge in [0.15, 0.2) is 0 Å². The number of thiophene rings is 1. The van der Waals surface area contributed by atoms with E-state index in [4.69, 9.17) is 4.74 Å². The maximum absolute atomic E-state index is 12.4. The summed E-state index contributed by atoms with van der Waals surface area (Å²) < 4.78 is 5.57. The van der Waals surface area contributed by atoms with Gasteiger partial charge in [0.1, 0.15) is 12.4 Å². The molecule has 1 saturated heterocycles. The molecule has 2 heterocycles. The predicted molar refractivity (Wildman–Crippen MR) is 97.9 cm³/mol. The fourth-order valence-corrected chi connectivity index (χ4v) is 3.63. The maximum Gasteiger partial charge on any atom is 0.263 e. The van der Waals surface area contributed by atoms with Crippen LogP contribution >= 0.6 is 11.3 Å². The van der Waals surface area contributed by atoms with Crippen LogP contribution in [0.4, 0.5) is 0 Å². The molecule has 0 radical (unpaired) electrons. The number of hydrogen-bond acceptors (Lipinski definition) is 4. The molecule has 2 amide bonds. The number of likely N-dealkylation sites (tertiary alicyclic amines) is 1. The van der Waals surface area contributed by atoms with Crippen molar-refractivity contribution in [3.8, 4) is 5.75 Å². The molecule has 132 valence electrons. The molecule has 0 aliphatic carbocycles. The Kier molecular flexibility index (Phi) is 6.06. The number of ether oxygens (including phenoxy) is 1. The molecular formula is C19H22N2O3S. The van der Waals surface area contributed by atoms with Gasteiger partial charge in [0.05, 0.1) is 17.3 Å². The van der Waals surface area contributed by atoms with Gasteiger partial charge in [-0.25, -0.2) is 0 Å². The van der Waals surface area contributed by atoms with Crippen LogP contribution < -0.4 is 10.1 Å². The Balaban J connectivity index is 1.43. The zero-order valence-corrected chi connectivity index (χ0v) is 14.8. The van der Waals surface area contributed by atoms with Crippen molar-refractivity contribution in [1.82, 2.24) is 10.2 Å². The van der Waals surface area contributed by atoms with Crippen LogP contribution in [0.5, 0.6) is 5.75 Å². The summed E-state index contributed by atoms with van der Waals surface area (Å²) in [7, 11) is 0. The van der Waals surface area contributed by atoms with E-state index < -0.39 is 0 Å². The van der Waals surface area contributed by atoms with E-state index in [9.17, 15) is 9.59 Å². The van der Waals surface area contributed by atoms with E-state index in [1.165, 1.54) is 11.3 Å². The minimum absolute atomic E-state index is 0.000316. The first kappa shape index (κ1) is 17.5. The first-order valence-electron chi connectivity index (χ1n) is 8.52. The van der Waals surface area contributed by atoms with Crippen molar-refractivity contribution in [3.05, 3.63) is 52.7 Å². The van der Waals surface area contributed by atoms with Crippen molar-refractivity contribution in [3.63, 3.8) is 0 Å². The fourth-order valence-electron chi connectivity index (χ4n) is 2.94. The molecule has 1 aromatic heterocycles. The fraction of sp³-hybridized carbons (Fsp3) is 0.368. The lowest BCUT2D eigenvalue weighted by Gasteiger charge is -2.31. The molecule has 1 aliphatic rings. The number of nitrogens with one attached hydrogen (secondary N) is 1. The lowest BCUT2D eigenvalue weighted by Crippen LogP contribution is -2.45. The second-order valence-electron chi connectivity index (χ2n) is 6.02. The second kappa shape index (κ2) is 8.67. The van der Waals surface area contributed by atoms with Gasteiger partial charge in [-0.05, 0) is 36.4 Å². The van der Waals surface area contributed by atoms with E-state index in [1.54, 1.807) is 4.90 Å². The van der Waals surface area contributed by atoms with E-state index in [-0.39, 0.29) is 17.7 Å². The third-order valence-corrected chi connectivity index (χ3v) is 5.08. The van der Waals surface area contributed by atoms with Crippen LogP contribution in [0.3, 0.4) is 0 Å². The summed E-state index contributed by atoms with van der Waals surface area (Å²) in [5.41, 5.74) is 0. The van der Waals surface area contributed by atoms with E-state index in [0.29, 0.717) is 19.7 Å². The van der Waals surface area contributed by atoms with Crippen LogP contribution in [0.2, 0.25) is 0 Å². The van der Waals surface area contributed by atoms with Crippen molar-refractivity contribution in [2.45, 2.75) is 12.8 Å². The van der Waals surface area contributed by atoms with Gasteiger partial charge in [-0.15, -0.1) is 11.3 Å². The van der Waals surface area contributed by atoms with Crippen LogP contribution in [0.15, 0.2) is 47.8 Å². The molecule has 2 aromatic rings. The van der Waals surface area contributed by atoms with Gasteiger partial charge in [-0.2, -0.15) is 0 Å². The van der Waals surface area contributed by atoms with Crippen LogP contribution in [0.1, 0.15) is 22.5 Å². The molecule has 1 unspecified atom stereocenters. The molecule has 1 aliphatic heterocycles. The Morgan fingerprint density at radius 3 is 2.80 bits per heavy atom. The van der Waals surface area contributed by atoms with Gasteiger partial charge >= 0.3 is 0 Å². The van der Waals surface area contributed by atoms with E-state index in [1.807, 2.05) is 47.8 Å². The summed E-state index contributed by atoms with van der Waals surface area (Å²) in [6, 6.07) is 13.2. The SMILES string of the molecule is O=C(NCCOc1ccccc1)C1CCCN(C(=O)c2cccs2)C1. The molecular weight excluding hydrogens is 336 g/mol. The number of rotatable bonds is 6. The summed E-state index contributed by atoms with van der Waals surface area (Å²) >= 11 is 1.44. The van der Waals surface area contributed by atoms with Crippen LogP contribution in [0.25, 0.3) is 0 Å². The summed E-state index contributed by atoms with van der Waals surface area (Å²) in [5, 5.41) is 4.81. The lowest BCUT2D eigenvalue weighted by molar-refractivity contribution is -0.126. The monoisotopic (exact) mass is 358 g/mol. The smallest absolute Gasteiger partial charge is 0.263 e. The molecule has 5 nitrogen and oxygen atoms in total. The van der Waals surface area contributed by atoms with E-state index in [0.717, 1.165) is 30.0 Å². The number of amides is 2. The average Bonchev–Trinajstić information content (AvgIpc) is 3.20. The number of para-hydroxylation sites is 1. The Bertz CT molecular complexity index is 688. The molecule has 0 saturated carbocycles. The summed E-state index contributed by atoms with van der Waals surface area (Å²) in [5.74, 6) is 0.678. The molecule has 1 fully saturated rings. The van der Waals surface area contributed by atoms with Crippen molar-refractivity contribution in [1.29, 1.82) is 0 Å². The van der Waals surface area contributed by atoms with Crippen molar-refractivity contribution in [2.24, 2.45) is 5.92 Å². The topological polar surface area (TPSA) is 58.6 Å². The zero-order chi connectivity index (χ0) is 17.5. The minimum Gasteiger partial charge on any atom is -0.492 e. The molecule has 0 bridgehead atoms. The minimum atomic E-state index is -0.144. The third kappa shape index (κ3) is 4.82. The molecule has 1 N–H and O–H groups in total. The highest BCUT2D eigenvalue weighted by atomic mass is 32.1. The van der Waals surface area contributed by atoms with Crippen molar-refractivity contribution in [2.75, 3.05) is 26.2 Å². The van der Waals surface area contributed by atoms with E-state index in [2.05, 4.69) is 5.32 Å². The van der Waals surface area contributed by atoms with Crippen molar-refractivity contribution >= 4 is 23.2 Å².